The van der Waals surface area contributed by atoms with E-state index in [4.69, 9.17) is 0 Å². The Balaban J connectivity index is 1.34. The van der Waals surface area contributed by atoms with Crippen molar-refractivity contribution < 1.29 is 4.79 Å². The van der Waals surface area contributed by atoms with E-state index < -0.39 is 0 Å². The van der Waals surface area contributed by atoms with Gasteiger partial charge in [0.1, 0.15) is 11.6 Å². The van der Waals surface area contributed by atoms with Gasteiger partial charge in [-0.15, -0.1) is 0 Å². The Labute approximate surface area is 162 Å². The van der Waals surface area contributed by atoms with Crippen LogP contribution in [0.5, 0.6) is 0 Å². The normalized spacial score (nSPS) is 16.6. The Bertz CT molecular complexity index is 899. The number of carbonyl (C=O) groups excluding carboxylic acids is 1. The van der Waals surface area contributed by atoms with Gasteiger partial charge in [0.05, 0.1) is 18.9 Å². The Morgan fingerprint density at radius 2 is 2.07 bits per heavy atom. The van der Waals surface area contributed by atoms with Crippen molar-refractivity contribution in [3.63, 3.8) is 0 Å². The fourth-order valence-electron chi connectivity index (χ4n) is 3.32. The third kappa shape index (κ3) is 4.43. The highest BCUT2D eigenvalue weighted by Crippen LogP contribution is 2.17. The lowest BCUT2D eigenvalue weighted by Gasteiger charge is -2.33. The van der Waals surface area contributed by atoms with E-state index in [9.17, 15) is 4.79 Å². The predicted molar refractivity (Wildman–Crippen MR) is 105 cm³/mol. The number of aromatic nitrogens is 5. The van der Waals surface area contributed by atoms with E-state index in [2.05, 4.69) is 35.6 Å². The molecule has 0 spiro atoms. The van der Waals surface area contributed by atoms with Crippen LogP contribution >= 0.6 is 0 Å². The molecule has 1 aliphatic rings. The maximum atomic E-state index is 12.5. The van der Waals surface area contributed by atoms with Crippen LogP contribution in [0.25, 0.3) is 0 Å². The van der Waals surface area contributed by atoms with Crippen LogP contribution in [-0.4, -0.2) is 49.9 Å². The molecule has 3 aromatic heterocycles. The van der Waals surface area contributed by atoms with Gasteiger partial charge in [-0.3, -0.25) is 15.3 Å². The smallest absolute Gasteiger partial charge is 0.320 e. The summed E-state index contributed by atoms with van der Waals surface area (Å²) in [6.45, 7) is 2.16. The van der Waals surface area contributed by atoms with Gasteiger partial charge in [0.15, 0.2) is 0 Å². The first-order chi connectivity index (χ1) is 13.8. The molecule has 144 valence electrons. The summed E-state index contributed by atoms with van der Waals surface area (Å²) >= 11 is 0. The number of piperidine rings is 1. The summed E-state index contributed by atoms with van der Waals surface area (Å²) in [5.74, 6) is 1.48. The minimum absolute atomic E-state index is 0.0467. The van der Waals surface area contributed by atoms with Gasteiger partial charge in [-0.25, -0.2) is 14.5 Å². The molecule has 0 bridgehead atoms. The number of nitrogens with zero attached hydrogens (tertiary/aromatic N) is 6. The standard InChI is InChI=1S/C19H22N8O/c28-19(24-16-4-2-10-26(14-16)18-12-21-8-9-22-18)25-17-5-7-23-27(17)13-15-3-1-6-20-11-15/h1,3,5-9,11-12,16H,2,4,10,13-14H2,(H2,24,25,28)/t16-/m1/s1. The average molecular weight is 378 g/mol. The lowest BCUT2D eigenvalue weighted by atomic mass is 10.1. The molecule has 0 unspecified atom stereocenters. The Kier molecular flexibility index (Phi) is 5.41. The summed E-state index contributed by atoms with van der Waals surface area (Å²) in [5.41, 5.74) is 1.02. The zero-order valence-corrected chi connectivity index (χ0v) is 15.4. The lowest BCUT2D eigenvalue weighted by Crippen LogP contribution is -2.49. The van der Waals surface area contributed by atoms with E-state index >= 15 is 0 Å². The molecule has 1 atom stereocenters. The first-order valence-corrected chi connectivity index (χ1v) is 9.27. The van der Waals surface area contributed by atoms with Crippen molar-refractivity contribution in [1.29, 1.82) is 0 Å². The summed E-state index contributed by atoms with van der Waals surface area (Å²) in [7, 11) is 0. The van der Waals surface area contributed by atoms with Gasteiger partial charge in [-0.1, -0.05) is 6.07 Å². The number of anilines is 2. The number of hydrogen-bond acceptors (Lipinski definition) is 6. The highest BCUT2D eigenvalue weighted by molar-refractivity contribution is 5.88. The number of amides is 2. The van der Waals surface area contributed by atoms with Crippen molar-refractivity contribution in [2.45, 2.75) is 25.4 Å². The minimum Gasteiger partial charge on any atom is -0.353 e. The van der Waals surface area contributed by atoms with Gasteiger partial charge < -0.3 is 10.2 Å². The van der Waals surface area contributed by atoms with E-state index in [0.717, 1.165) is 30.8 Å². The van der Waals surface area contributed by atoms with E-state index in [1.807, 2.05) is 12.1 Å². The minimum atomic E-state index is -0.237. The molecule has 3 aromatic rings. The third-order valence-corrected chi connectivity index (χ3v) is 4.64. The second-order valence-corrected chi connectivity index (χ2v) is 6.68. The fraction of sp³-hybridized carbons (Fsp3) is 0.316. The molecule has 2 amide bonds. The summed E-state index contributed by atoms with van der Waals surface area (Å²) in [5, 5.41) is 10.2. The number of carbonyl (C=O) groups is 1. The Morgan fingerprint density at radius 1 is 1.14 bits per heavy atom. The predicted octanol–water partition coefficient (Wildman–Crippen LogP) is 1.91. The van der Waals surface area contributed by atoms with Crippen LogP contribution in [0.3, 0.4) is 0 Å². The van der Waals surface area contributed by atoms with Gasteiger partial charge in [-0.2, -0.15) is 5.10 Å². The first kappa shape index (κ1) is 17.9. The second kappa shape index (κ2) is 8.47. The number of urea groups is 1. The summed E-state index contributed by atoms with van der Waals surface area (Å²) in [6.07, 6.45) is 12.2. The molecular weight excluding hydrogens is 356 g/mol. The number of hydrogen-bond donors (Lipinski definition) is 2. The fourth-order valence-corrected chi connectivity index (χ4v) is 3.32. The van der Waals surface area contributed by atoms with Crippen molar-refractivity contribution in [2.24, 2.45) is 0 Å². The van der Waals surface area contributed by atoms with E-state index in [1.54, 1.807) is 47.9 Å². The Morgan fingerprint density at radius 3 is 2.89 bits per heavy atom. The monoisotopic (exact) mass is 378 g/mol. The molecule has 9 nitrogen and oxygen atoms in total. The zero-order valence-electron chi connectivity index (χ0n) is 15.4. The second-order valence-electron chi connectivity index (χ2n) is 6.68. The molecule has 0 aliphatic carbocycles. The first-order valence-electron chi connectivity index (χ1n) is 9.27. The molecule has 1 saturated heterocycles. The molecule has 0 radical (unpaired) electrons. The highest BCUT2D eigenvalue weighted by Gasteiger charge is 2.22. The molecule has 28 heavy (non-hydrogen) atoms. The third-order valence-electron chi connectivity index (χ3n) is 4.64. The van der Waals surface area contributed by atoms with Gasteiger partial charge in [0.25, 0.3) is 0 Å². The molecule has 9 heteroatoms. The molecule has 4 heterocycles. The van der Waals surface area contributed by atoms with Crippen molar-refractivity contribution in [3.8, 4) is 0 Å². The van der Waals surface area contributed by atoms with Crippen LogP contribution in [0.4, 0.5) is 16.4 Å². The molecular formula is C19H22N8O. The molecule has 1 aliphatic heterocycles. The largest absolute Gasteiger partial charge is 0.353 e. The van der Waals surface area contributed by atoms with Crippen LogP contribution in [0, 0.1) is 0 Å². The van der Waals surface area contributed by atoms with Crippen molar-refractivity contribution in [1.82, 2.24) is 30.0 Å². The van der Waals surface area contributed by atoms with Crippen molar-refractivity contribution in [2.75, 3.05) is 23.3 Å². The topological polar surface area (TPSA) is 101 Å². The van der Waals surface area contributed by atoms with Crippen LogP contribution < -0.4 is 15.5 Å². The average Bonchev–Trinajstić information content (AvgIpc) is 3.16. The number of rotatable bonds is 5. The molecule has 1 fully saturated rings. The molecule has 4 rings (SSSR count). The maximum Gasteiger partial charge on any atom is 0.320 e. The van der Waals surface area contributed by atoms with Gasteiger partial charge in [0.2, 0.25) is 0 Å². The summed E-state index contributed by atoms with van der Waals surface area (Å²) in [6, 6.07) is 5.44. The van der Waals surface area contributed by atoms with Gasteiger partial charge in [0, 0.05) is 50.0 Å². The number of nitrogens with one attached hydrogen (secondary N) is 2. The van der Waals surface area contributed by atoms with E-state index in [1.165, 1.54) is 0 Å². The quantitative estimate of drug-likeness (QED) is 0.703. The summed E-state index contributed by atoms with van der Waals surface area (Å²) < 4.78 is 1.74. The zero-order chi connectivity index (χ0) is 19.2. The maximum absolute atomic E-state index is 12.5. The van der Waals surface area contributed by atoms with Crippen LogP contribution in [0.1, 0.15) is 18.4 Å². The van der Waals surface area contributed by atoms with Crippen LogP contribution in [-0.2, 0) is 6.54 Å². The van der Waals surface area contributed by atoms with Gasteiger partial charge in [-0.05, 0) is 24.5 Å². The molecule has 0 aromatic carbocycles. The van der Waals surface area contributed by atoms with Crippen molar-refractivity contribution >= 4 is 17.7 Å². The Hall–Kier alpha value is -3.49. The van der Waals surface area contributed by atoms with Crippen molar-refractivity contribution in [3.05, 3.63) is 60.9 Å². The molecule has 0 saturated carbocycles. The number of pyridine rings is 1. The van der Waals surface area contributed by atoms with E-state index in [-0.39, 0.29) is 12.1 Å². The van der Waals surface area contributed by atoms with Crippen LogP contribution in [0.2, 0.25) is 0 Å². The highest BCUT2D eigenvalue weighted by atomic mass is 16.2. The van der Waals surface area contributed by atoms with E-state index in [0.29, 0.717) is 18.9 Å². The lowest BCUT2D eigenvalue weighted by molar-refractivity contribution is 0.246. The molecule has 2 N–H and O–H groups in total. The van der Waals surface area contributed by atoms with Crippen LogP contribution in [0.15, 0.2) is 55.4 Å². The summed E-state index contributed by atoms with van der Waals surface area (Å²) in [4.78, 5) is 27.2. The SMILES string of the molecule is O=C(Nc1ccnn1Cc1cccnc1)N[C@@H]1CCCN(c2cnccn2)C1. The van der Waals surface area contributed by atoms with Gasteiger partial charge >= 0.3 is 6.03 Å².